The Hall–Kier alpha value is -8.31. The zero-order chi connectivity index (χ0) is 44.2. The van der Waals surface area contributed by atoms with E-state index in [9.17, 15) is 0 Å². The third-order valence-corrected chi connectivity index (χ3v) is 15.2. The first-order valence-electron chi connectivity index (χ1n) is 23.0. The summed E-state index contributed by atoms with van der Waals surface area (Å²) in [6, 6.07) is 75.2. The molecule has 1 aliphatic rings. The molecule has 13 aromatic rings. The van der Waals surface area contributed by atoms with Gasteiger partial charge in [0.05, 0.1) is 28.1 Å². The van der Waals surface area contributed by atoms with E-state index in [4.69, 9.17) is 9.41 Å². The largest absolute Gasteiger partial charge is 0.456 e. The smallest absolute Gasteiger partial charge is 0.136 e. The molecular formula is C63H40N2OS. The molecule has 0 amide bonds. The Morgan fingerprint density at radius 1 is 0.463 bits per heavy atom. The van der Waals surface area contributed by atoms with Crippen molar-refractivity contribution in [2.24, 2.45) is 4.99 Å². The molecular weight excluding hydrogens is 833 g/mol. The zero-order valence-corrected chi connectivity index (χ0v) is 37.4. The van der Waals surface area contributed by atoms with Gasteiger partial charge in [-0.25, -0.2) is 0 Å². The fourth-order valence-corrected chi connectivity index (χ4v) is 12.0. The average molecular weight is 873 g/mol. The second-order valence-electron chi connectivity index (χ2n) is 17.8. The molecule has 4 heteroatoms. The van der Waals surface area contributed by atoms with Gasteiger partial charge < -0.3 is 8.98 Å². The van der Waals surface area contributed by atoms with Gasteiger partial charge in [0.1, 0.15) is 11.2 Å². The van der Waals surface area contributed by atoms with Crippen LogP contribution >= 0.6 is 11.3 Å². The van der Waals surface area contributed by atoms with Crippen molar-refractivity contribution in [3.05, 3.63) is 235 Å². The number of para-hydroxylation sites is 2. The average Bonchev–Trinajstić information content (AvgIpc) is 4.01. The van der Waals surface area contributed by atoms with Crippen molar-refractivity contribution in [1.29, 1.82) is 0 Å². The van der Waals surface area contributed by atoms with Crippen molar-refractivity contribution in [3.8, 4) is 16.8 Å². The molecule has 0 bridgehead atoms. The van der Waals surface area contributed by atoms with Gasteiger partial charge in [-0.05, 0) is 110 Å². The Kier molecular flexibility index (Phi) is 8.43. The molecule has 4 heterocycles. The third-order valence-electron chi connectivity index (χ3n) is 14.0. The van der Waals surface area contributed by atoms with E-state index in [0.29, 0.717) is 6.42 Å². The third kappa shape index (κ3) is 6.00. The molecule has 0 atom stereocenters. The van der Waals surface area contributed by atoms with Crippen molar-refractivity contribution in [2.75, 3.05) is 0 Å². The van der Waals surface area contributed by atoms with Crippen LogP contribution in [0.25, 0.3) is 114 Å². The number of rotatable bonds is 5. The van der Waals surface area contributed by atoms with E-state index in [1.54, 1.807) is 0 Å². The lowest BCUT2D eigenvalue weighted by Gasteiger charge is -2.18. The number of hydrogen-bond acceptors (Lipinski definition) is 3. The Labute approximate surface area is 390 Å². The van der Waals surface area contributed by atoms with Crippen molar-refractivity contribution in [3.63, 3.8) is 0 Å². The summed E-state index contributed by atoms with van der Waals surface area (Å²) in [5.41, 5.74) is 15.2. The predicted octanol–water partition coefficient (Wildman–Crippen LogP) is 17.7. The lowest BCUT2D eigenvalue weighted by atomic mass is 9.92. The van der Waals surface area contributed by atoms with Gasteiger partial charge in [0.25, 0.3) is 0 Å². The van der Waals surface area contributed by atoms with Crippen molar-refractivity contribution < 1.29 is 4.42 Å². The van der Waals surface area contributed by atoms with Crippen LogP contribution in [0.3, 0.4) is 0 Å². The van der Waals surface area contributed by atoms with Crippen LogP contribution in [0.4, 0.5) is 0 Å². The van der Waals surface area contributed by atoms with E-state index in [0.717, 1.165) is 66.9 Å². The summed E-state index contributed by atoms with van der Waals surface area (Å²) in [6.45, 7) is 2.27. The molecule has 0 saturated heterocycles. The highest BCUT2D eigenvalue weighted by Crippen LogP contribution is 2.46. The summed E-state index contributed by atoms with van der Waals surface area (Å²) < 4.78 is 11.6. The van der Waals surface area contributed by atoms with Crippen molar-refractivity contribution in [2.45, 2.75) is 13.3 Å². The minimum atomic E-state index is 0.658. The maximum absolute atomic E-state index is 6.52. The molecule has 314 valence electrons. The van der Waals surface area contributed by atoms with E-state index in [1.165, 1.54) is 74.6 Å². The summed E-state index contributed by atoms with van der Waals surface area (Å²) in [5, 5.41) is 12.2. The quantitative estimate of drug-likeness (QED) is 0.169. The molecule has 3 aromatic heterocycles. The molecule has 1 aliphatic heterocycles. The second-order valence-corrected chi connectivity index (χ2v) is 18.9. The Balaban J connectivity index is 1.08. The summed E-state index contributed by atoms with van der Waals surface area (Å²) in [6.07, 6.45) is 3.04. The summed E-state index contributed by atoms with van der Waals surface area (Å²) >= 11 is 1.89. The first kappa shape index (κ1) is 38.0. The lowest BCUT2D eigenvalue weighted by Crippen LogP contribution is -2.03. The zero-order valence-electron chi connectivity index (χ0n) is 36.6. The number of thiophene rings is 1. The second kappa shape index (κ2) is 14.9. The van der Waals surface area contributed by atoms with Crippen LogP contribution in [0, 0.1) is 0 Å². The van der Waals surface area contributed by atoms with Crippen LogP contribution in [0.15, 0.2) is 227 Å². The minimum Gasteiger partial charge on any atom is -0.456 e. The Bertz CT molecular complexity index is 4290. The lowest BCUT2D eigenvalue weighted by molar-refractivity contribution is 0.669. The van der Waals surface area contributed by atoms with Crippen molar-refractivity contribution >= 4 is 114 Å². The molecule has 0 radical (unpaired) electrons. The first-order valence-corrected chi connectivity index (χ1v) is 23.8. The SMILES string of the molecule is CC1=C(c2cc3c(cc2-n2c4ccccc4c4cc5ccccc5cc42)sc2c4ccccc4ccc32)N=C(c2ccc(-c3ccccc3)cc2)CC=C1c1ccc2c(c1)oc1ccccc12. The molecule has 0 fully saturated rings. The van der Waals surface area contributed by atoms with Crippen LogP contribution in [0.2, 0.25) is 0 Å². The number of allylic oxidation sites excluding steroid dienone is 3. The number of fused-ring (bicyclic) bond motifs is 12. The number of aromatic nitrogens is 1. The fourth-order valence-electron chi connectivity index (χ4n) is 10.7. The number of furan rings is 1. The first-order chi connectivity index (χ1) is 33.1. The molecule has 0 spiro atoms. The number of hydrogen-bond donors (Lipinski definition) is 0. The van der Waals surface area contributed by atoms with Gasteiger partial charge in [0.15, 0.2) is 0 Å². The molecule has 0 N–H and O–H groups in total. The molecule has 67 heavy (non-hydrogen) atoms. The van der Waals surface area contributed by atoms with Gasteiger partial charge in [-0.1, -0.05) is 164 Å². The van der Waals surface area contributed by atoms with Crippen LogP contribution < -0.4 is 0 Å². The summed E-state index contributed by atoms with van der Waals surface area (Å²) in [5.74, 6) is 0. The highest BCUT2D eigenvalue weighted by atomic mass is 32.1. The summed E-state index contributed by atoms with van der Waals surface area (Å²) in [4.78, 5) is 5.88. The predicted molar refractivity (Wildman–Crippen MR) is 286 cm³/mol. The van der Waals surface area contributed by atoms with Crippen LogP contribution in [0.1, 0.15) is 30.0 Å². The standard InChI is InChI=1S/C63H40N2OS/c1-38-46(45-28-29-50-49-20-10-12-22-59(49)66-60(50)35-45)31-32-55(42-25-23-40(24-26-42)39-13-3-2-4-14-39)64-62(38)54-36-53-51-30-27-41-15-7-8-18-47(41)63(51)67-61(53)37-58(54)65-56-21-11-9-19-48(56)52-33-43-16-5-6-17-44(43)34-57(52)65/h2-31,33-37H,32H2,1H3. The van der Waals surface area contributed by atoms with E-state index < -0.39 is 0 Å². The van der Waals surface area contributed by atoms with Gasteiger partial charge >= 0.3 is 0 Å². The maximum atomic E-state index is 6.52. The monoisotopic (exact) mass is 872 g/mol. The topological polar surface area (TPSA) is 30.4 Å². The van der Waals surface area contributed by atoms with Gasteiger partial charge in [-0.2, -0.15) is 0 Å². The van der Waals surface area contributed by atoms with E-state index >= 15 is 0 Å². The van der Waals surface area contributed by atoms with Gasteiger partial charge in [0, 0.05) is 53.7 Å². The minimum absolute atomic E-state index is 0.658. The van der Waals surface area contributed by atoms with Gasteiger partial charge in [-0.3, -0.25) is 4.99 Å². The van der Waals surface area contributed by atoms with Crippen LogP contribution in [-0.2, 0) is 0 Å². The molecule has 3 nitrogen and oxygen atoms in total. The van der Waals surface area contributed by atoms with E-state index in [2.05, 4.69) is 218 Å². The number of benzene rings is 10. The Morgan fingerprint density at radius 3 is 1.97 bits per heavy atom. The van der Waals surface area contributed by atoms with Gasteiger partial charge in [0.2, 0.25) is 0 Å². The highest BCUT2D eigenvalue weighted by molar-refractivity contribution is 7.26. The fraction of sp³-hybridized carbons (Fsp3) is 0.0317. The number of aliphatic imine (C=N–C) groups is 1. The summed E-state index contributed by atoms with van der Waals surface area (Å²) in [7, 11) is 0. The maximum Gasteiger partial charge on any atom is 0.136 e. The molecule has 0 unspecified atom stereocenters. The highest BCUT2D eigenvalue weighted by Gasteiger charge is 2.25. The number of nitrogens with zero attached hydrogens (tertiary/aromatic N) is 2. The normalized spacial score (nSPS) is 13.5. The van der Waals surface area contributed by atoms with Crippen molar-refractivity contribution in [1.82, 2.24) is 4.57 Å². The molecule has 14 rings (SSSR count). The molecule has 10 aromatic carbocycles. The van der Waals surface area contributed by atoms with E-state index in [-0.39, 0.29) is 0 Å². The molecule has 0 saturated carbocycles. The van der Waals surface area contributed by atoms with Crippen LogP contribution in [-0.4, -0.2) is 10.3 Å². The van der Waals surface area contributed by atoms with Gasteiger partial charge in [-0.15, -0.1) is 11.3 Å². The van der Waals surface area contributed by atoms with E-state index in [1.807, 2.05) is 17.4 Å². The van der Waals surface area contributed by atoms with Crippen LogP contribution in [0.5, 0.6) is 0 Å². The Morgan fingerprint density at radius 2 is 1.12 bits per heavy atom. The molecule has 0 aliphatic carbocycles.